The average Bonchev–Trinajstić information content (AvgIpc) is 2.78. The van der Waals surface area contributed by atoms with Gasteiger partial charge in [0.25, 0.3) is 5.91 Å². The first kappa shape index (κ1) is 28.5. The van der Waals surface area contributed by atoms with E-state index in [1.54, 1.807) is 23.9 Å². The van der Waals surface area contributed by atoms with Crippen LogP contribution in [-0.4, -0.2) is 30.7 Å². The average molecular weight is 518 g/mol. The van der Waals surface area contributed by atoms with Crippen LogP contribution in [0.1, 0.15) is 57.3 Å². The van der Waals surface area contributed by atoms with Gasteiger partial charge in [-0.15, -0.1) is 11.8 Å². The normalized spacial score (nSPS) is 13.2. The second kappa shape index (κ2) is 14.0. The molecule has 0 radical (unpaired) electrons. The summed E-state index contributed by atoms with van der Waals surface area (Å²) in [5.41, 5.74) is 0.0861. The van der Waals surface area contributed by atoms with Gasteiger partial charge in [0.05, 0.1) is 5.02 Å². The fraction of sp³-hybridized carbons (Fsp3) is 0.480. The number of thioether (sulfide) groups is 1. The number of anilines is 1. The summed E-state index contributed by atoms with van der Waals surface area (Å²) in [6.07, 6.45) is 2.43. The molecule has 34 heavy (non-hydrogen) atoms. The van der Waals surface area contributed by atoms with Crippen LogP contribution in [0.25, 0.3) is 0 Å². The van der Waals surface area contributed by atoms with Crippen molar-refractivity contribution in [3.63, 3.8) is 0 Å². The Kier molecular flexibility index (Phi) is 11.7. The van der Waals surface area contributed by atoms with Crippen molar-refractivity contribution >= 4 is 35.0 Å². The minimum atomic E-state index is -1.59. The van der Waals surface area contributed by atoms with Crippen LogP contribution >= 0.6 is 23.4 Å². The third-order valence-corrected chi connectivity index (χ3v) is 6.90. The zero-order chi connectivity index (χ0) is 25.3. The second-order valence-electron chi connectivity index (χ2n) is 7.87. The van der Waals surface area contributed by atoms with Gasteiger partial charge in [-0.05, 0) is 44.9 Å². The van der Waals surface area contributed by atoms with E-state index in [0.717, 1.165) is 36.3 Å². The molecule has 0 saturated heterocycles. The van der Waals surface area contributed by atoms with Gasteiger partial charge in [0.15, 0.2) is 23.7 Å². The van der Waals surface area contributed by atoms with E-state index in [9.17, 15) is 18.0 Å². The summed E-state index contributed by atoms with van der Waals surface area (Å²) in [6.45, 7) is 9.18. The molecule has 0 spiro atoms. The summed E-state index contributed by atoms with van der Waals surface area (Å²) in [4.78, 5) is 13.4. The van der Waals surface area contributed by atoms with Crippen molar-refractivity contribution in [1.82, 2.24) is 0 Å². The van der Waals surface area contributed by atoms with Crippen molar-refractivity contribution in [2.24, 2.45) is 5.92 Å². The first-order chi connectivity index (χ1) is 16.2. The molecule has 2 aromatic rings. The molecule has 0 fully saturated rings. The molecular weight excluding hydrogens is 487 g/mol. The van der Waals surface area contributed by atoms with Crippen molar-refractivity contribution in [3.8, 4) is 0 Å². The lowest BCUT2D eigenvalue weighted by molar-refractivity contribution is -0.164. The number of halogens is 4. The standard InChI is InChI=1S/C25H31ClF3NO3S/c1-5-8-18(11-15(4)25(32-6-2)33-7-3)34-22-12-16(9-10-19(22)26)24(31)30-17-13-20(27)23(29)21(28)14-17/h9-10,12-15,18,25H,5-8,11H2,1-4H3,(H,30,31). The Morgan fingerprint density at radius 1 is 1.06 bits per heavy atom. The highest BCUT2D eigenvalue weighted by atomic mass is 35.5. The van der Waals surface area contributed by atoms with Gasteiger partial charge in [-0.25, -0.2) is 13.2 Å². The molecule has 0 aromatic heterocycles. The molecule has 0 aliphatic carbocycles. The van der Waals surface area contributed by atoms with E-state index in [2.05, 4.69) is 19.2 Å². The monoisotopic (exact) mass is 517 g/mol. The van der Waals surface area contributed by atoms with E-state index in [0.29, 0.717) is 18.2 Å². The molecule has 1 N–H and O–H groups in total. The molecule has 4 nitrogen and oxygen atoms in total. The van der Waals surface area contributed by atoms with Crippen LogP contribution in [0, 0.1) is 23.4 Å². The van der Waals surface area contributed by atoms with Crippen molar-refractivity contribution < 1.29 is 27.4 Å². The topological polar surface area (TPSA) is 47.6 Å². The highest BCUT2D eigenvalue weighted by Gasteiger charge is 2.23. The van der Waals surface area contributed by atoms with Gasteiger partial charge >= 0.3 is 0 Å². The zero-order valence-corrected chi connectivity index (χ0v) is 21.4. The predicted molar refractivity (Wildman–Crippen MR) is 131 cm³/mol. The minimum Gasteiger partial charge on any atom is -0.353 e. The Hall–Kier alpha value is -1.74. The molecule has 2 rings (SSSR count). The fourth-order valence-corrected chi connectivity index (χ4v) is 5.26. The quantitative estimate of drug-likeness (QED) is 0.168. The van der Waals surface area contributed by atoms with Crippen LogP contribution in [0.2, 0.25) is 5.02 Å². The summed E-state index contributed by atoms with van der Waals surface area (Å²) in [5.74, 6) is -4.78. The fourth-order valence-electron chi connectivity index (χ4n) is 3.52. The van der Waals surface area contributed by atoms with Gasteiger partial charge < -0.3 is 14.8 Å². The van der Waals surface area contributed by atoms with Crippen molar-refractivity contribution in [3.05, 3.63) is 58.4 Å². The number of nitrogens with one attached hydrogen (secondary N) is 1. The van der Waals surface area contributed by atoms with Crippen LogP contribution in [0.15, 0.2) is 35.2 Å². The summed E-state index contributed by atoms with van der Waals surface area (Å²) in [6, 6.07) is 6.24. The number of ether oxygens (including phenoxy) is 2. The molecule has 0 saturated carbocycles. The van der Waals surface area contributed by atoms with E-state index >= 15 is 0 Å². The molecule has 0 aliphatic rings. The second-order valence-corrected chi connectivity index (χ2v) is 9.62. The van der Waals surface area contributed by atoms with Crippen molar-refractivity contribution in [2.45, 2.75) is 63.4 Å². The maximum Gasteiger partial charge on any atom is 0.255 e. The molecule has 2 unspecified atom stereocenters. The Morgan fingerprint density at radius 3 is 2.24 bits per heavy atom. The summed E-state index contributed by atoms with van der Waals surface area (Å²) >= 11 is 7.99. The highest BCUT2D eigenvalue weighted by Crippen LogP contribution is 2.37. The number of amides is 1. The van der Waals surface area contributed by atoms with Crippen LogP contribution in [-0.2, 0) is 9.47 Å². The van der Waals surface area contributed by atoms with E-state index in [1.807, 2.05) is 13.8 Å². The maximum atomic E-state index is 13.5. The predicted octanol–water partition coefficient (Wildman–Crippen LogP) is 7.70. The van der Waals surface area contributed by atoms with Crippen LogP contribution in [0.3, 0.4) is 0 Å². The van der Waals surface area contributed by atoms with Gasteiger partial charge in [-0.3, -0.25) is 4.79 Å². The smallest absolute Gasteiger partial charge is 0.255 e. The minimum absolute atomic E-state index is 0.150. The first-order valence-electron chi connectivity index (χ1n) is 11.3. The van der Waals surface area contributed by atoms with Crippen molar-refractivity contribution in [2.75, 3.05) is 18.5 Å². The highest BCUT2D eigenvalue weighted by molar-refractivity contribution is 8.00. The molecule has 0 aliphatic heterocycles. The summed E-state index contributed by atoms with van der Waals surface area (Å²) < 4.78 is 51.6. The van der Waals surface area contributed by atoms with Gasteiger partial charge in [-0.2, -0.15) is 0 Å². The molecule has 1 amide bonds. The number of carbonyl (C=O) groups is 1. The zero-order valence-electron chi connectivity index (χ0n) is 19.8. The number of hydrogen-bond donors (Lipinski definition) is 1. The Labute approximate surface area is 208 Å². The van der Waals surface area contributed by atoms with Gasteiger partial charge in [0.1, 0.15) is 0 Å². The molecule has 188 valence electrons. The van der Waals surface area contributed by atoms with Gasteiger partial charge in [-0.1, -0.05) is 31.9 Å². The van der Waals surface area contributed by atoms with Crippen molar-refractivity contribution in [1.29, 1.82) is 0 Å². The third kappa shape index (κ3) is 8.18. The number of hydrogen-bond acceptors (Lipinski definition) is 4. The van der Waals surface area contributed by atoms with E-state index in [-0.39, 0.29) is 28.7 Å². The SMILES string of the molecule is CCCC(CC(C)C(OCC)OCC)Sc1cc(C(=O)Nc2cc(F)c(F)c(F)c2)ccc1Cl. The lowest BCUT2D eigenvalue weighted by Crippen LogP contribution is -2.28. The summed E-state index contributed by atoms with van der Waals surface area (Å²) in [5, 5.41) is 3.10. The number of carbonyl (C=O) groups excluding carboxylic acids is 1. The molecular formula is C25H31ClF3NO3S. The summed E-state index contributed by atoms with van der Waals surface area (Å²) in [7, 11) is 0. The Morgan fingerprint density at radius 2 is 1.68 bits per heavy atom. The molecule has 0 heterocycles. The maximum absolute atomic E-state index is 13.5. The van der Waals surface area contributed by atoms with E-state index in [4.69, 9.17) is 21.1 Å². The molecule has 0 bridgehead atoms. The van der Waals surface area contributed by atoms with E-state index in [1.165, 1.54) is 6.07 Å². The van der Waals surface area contributed by atoms with E-state index < -0.39 is 23.4 Å². The Balaban J connectivity index is 2.17. The number of benzene rings is 2. The first-order valence-corrected chi connectivity index (χ1v) is 12.6. The number of rotatable bonds is 13. The third-order valence-electron chi connectivity index (χ3n) is 5.10. The molecule has 2 aromatic carbocycles. The largest absolute Gasteiger partial charge is 0.353 e. The van der Waals surface area contributed by atoms with Crippen LogP contribution in [0.4, 0.5) is 18.9 Å². The van der Waals surface area contributed by atoms with Gasteiger partial charge in [0, 0.05) is 52.7 Å². The van der Waals surface area contributed by atoms with Crippen LogP contribution in [0.5, 0.6) is 0 Å². The van der Waals surface area contributed by atoms with Crippen LogP contribution < -0.4 is 5.32 Å². The lowest BCUT2D eigenvalue weighted by Gasteiger charge is -2.27. The molecule has 2 atom stereocenters. The lowest BCUT2D eigenvalue weighted by atomic mass is 10.0. The molecule has 9 heteroatoms. The Bertz CT molecular complexity index is 934. The van der Waals surface area contributed by atoms with Gasteiger partial charge in [0.2, 0.25) is 0 Å².